The first-order chi connectivity index (χ1) is 6.69. The molecule has 1 fully saturated rings. The monoisotopic (exact) mass is 198 g/mol. The van der Waals surface area contributed by atoms with Gasteiger partial charge in [-0.05, 0) is 24.7 Å². The van der Waals surface area contributed by atoms with Crippen LogP contribution < -0.4 is 0 Å². The van der Waals surface area contributed by atoms with Gasteiger partial charge >= 0.3 is 0 Å². The van der Waals surface area contributed by atoms with Gasteiger partial charge in [0.05, 0.1) is 6.10 Å². The number of hydrogen-bond acceptors (Lipinski definition) is 1. The normalized spacial score (nSPS) is 20.8. The summed E-state index contributed by atoms with van der Waals surface area (Å²) in [5, 5.41) is 9.85. The van der Waals surface area contributed by atoms with Crippen molar-refractivity contribution in [3.63, 3.8) is 0 Å². The fourth-order valence-electron chi connectivity index (χ4n) is 2.00. The summed E-state index contributed by atoms with van der Waals surface area (Å²) in [6, 6.07) is 0. The van der Waals surface area contributed by atoms with Gasteiger partial charge in [-0.15, -0.1) is 0 Å². The molecule has 1 aliphatic carbocycles. The largest absolute Gasteiger partial charge is 0.393 e. The Labute approximate surface area is 88.9 Å². The number of aliphatic hydroxyl groups is 1. The van der Waals surface area contributed by atoms with Crippen molar-refractivity contribution in [3.05, 3.63) is 0 Å². The predicted molar refractivity (Wildman–Crippen MR) is 61.3 cm³/mol. The Morgan fingerprint density at radius 2 is 1.64 bits per heavy atom. The Kier molecular flexibility index (Phi) is 4.94. The zero-order chi connectivity index (χ0) is 10.4. The molecule has 0 aromatic rings. The summed E-state index contributed by atoms with van der Waals surface area (Å²) in [6.45, 7) is 4.46. The summed E-state index contributed by atoms with van der Waals surface area (Å²) in [7, 11) is 0. The van der Waals surface area contributed by atoms with Crippen LogP contribution in [0.15, 0.2) is 0 Å². The van der Waals surface area contributed by atoms with E-state index in [1.54, 1.807) is 0 Å². The van der Waals surface area contributed by atoms with Crippen LogP contribution in [0.4, 0.5) is 0 Å². The van der Waals surface area contributed by atoms with E-state index in [1.807, 2.05) is 0 Å². The molecule has 14 heavy (non-hydrogen) atoms. The zero-order valence-electron chi connectivity index (χ0n) is 9.89. The highest BCUT2D eigenvalue weighted by Crippen LogP contribution is 2.49. The third-order valence-electron chi connectivity index (χ3n) is 3.67. The average Bonchev–Trinajstić information content (AvgIpc) is 2.91. The lowest BCUT2D eigenvalue weighted by atomic mass is 9.96. The molecule has 0 heterocycles. The quantitative estimate of drug-likeness (QED) is 0.586. The zero-order valence-corrected chi connectivity index (χ0v) is 9.89. The van der Waals surface area contributed by atoms with Crippen molar-refractivity contribution in [2.24, 2.45) is 5.41 Å². The number of hydrogen-bond donors (Lipinski definition) is 1. The molecule has 1 unspecified atom stereocenters. The Morgan fingerprint density at radius 3 is 2.21 bits per heavy atom. The summed E-state index contributed by atoms with van der Waals surface area (Å²) >= 11 is 0. The van der Waals surface area contributed by atoms with Gasteiger partial charge in [0, 0.05) is 0 Å². The van der Waals surface area contributed by atoms with E-state index in [-0.39, 0.29) is 6.10 Å². The molecular weight excluding hydrogens is 172 g/mol. The van der Waals surface area contributed by atoms with E-state index < -0.39 is 0 Å². The highest BCUT2D eigenvalue weighted by atomic mass is 16.3. The topological polar surface area (TPSA) is 20.2 Å². The summed E-state index contributed by atoms with van der Waals surface area (Å²) < 4.78 is 0. The molecule has 1 nitrogen and oxygen atoms in total. The molecule has 0 spiro atoms. The van der Waals surface area contributed by atoms with Gasteiger partial charge < -0.3 is 5.11 Å². The lowest BCUT2D eigenvalue weighted by Crippen LogP contribution is -2.18. The van der Waals surface area contributed by atoms with Gasteiger partial charge in [0.1, 0.15) is 0 Å². The van der Waals surface area contributed by atoms with Crippen LogP contribution >= 0.6 is 0 Å². The molecule has 1 saturated carbocycles. The second-order valence-electron chi connectivity index (χ2n) is 5.23. The molecule has 1 atom stereocenters. The van der Waals surface area contributed by atoms with Gasteiger partial charge in [0.15, 0.2) is 0 Å². The molecule has 1 rings (SSSR count). The first-order valence-corrected chi connectivity index (χ1v) is 6.37. The first-order valence-electron chi connectivity index (χ1n) is 6.37. The summed E-state index contributed by atoms with van der Waals surface area (Å²) in [6.07, 6.45) is 11.5. The van der Waals surface area contributed by atoms with Crippen molar-refractivity contribution in [2.75, 3.05) is 0 Å². The minimum atomic E-state index is -0.0197. The molecule has 0 bridgehead atoms. The minimum absolute atomic E-state index is 0.0197. The summed E-state index contributed by atoms with van der Waals surface area (Å²) in [4.78, 5) is 0. The van der Waals surface area contributed by atoms with Crippen LogP contribution in [-0.4, -0.2) is 11.2 Å². The van der Waals surface area contributed by atoms with Crippen LogP contribution in [0.2, 0.25) is 0 Å². The maximum absolute atomic E-state index is 9.85. The van der Waals surface area contributed by atoms with Crippen LogP contribution in [0.5, 0.6) is 0 Å². The molecule has 1 heteroatoms. The van der Waals surface area contributed by atoms with Gasteiger partial charge in [-0.3, -0.25) is 0 Å². The fourth-order valence-corrected chi connectivity index (χ4v) is 2.00. The van der Waals surface area contributed by atoms with Crippen molar-refractivity contribution in [2.45, 2.75) is 77.7 Å². The standard InChI is InChI=1S/C13H26O/c1-3-4-5-6-7-8-9-12(14)13(2)10-11-13/h12,14H,3-11H2,1-2H3. The van der Waals surface area contributed by atoms with E-state index in [1.165, 1.54) is 51.4 Å². The lowest BCUT2D eigenvalue weighted by Gasteiger charge is -2.16. The second kappa shape index (κ2) is 5.75. The molecule has 1 N–H and O–H groups in total. The summed E-state index contributed by atoms with van der Waals surface area (Å²) in [5.41, 5.74) is 0.309. The maximum Gasteiger partial charge on any atom is 0.0593 e. The van der Waals surface area contributed by atoms with Crippen molar-refractivity contribution in [3.8, 4) is 0 Å². The van der Waals surface area contributed by atoms with Gasteiger partial charge in [0.2, 0.25) is 0 Å². The van der Waals surface area contributed by atoms with Crippen LogP contribution in [0.1, 0.15) is 71.6 Å². The molecule has 0 aromatic carbocycles. The number of rotatable bonds is 8. The predicted octanol–water partition coefficient (Wildman–Crippen LogP) is 3.90. The van der Waals surface area contributed by atoms with Crippen molar-refractivity contribution >= 4 is 0 Å². The number of unbranched alkanes of at least 4 members (excludes halogenated alkanes) is 5. The average molecular weight is 198 g/mol. The Bertz CT molecular complexity index is 149. The van der Waals surface area contributed by atoms with Gasteiger partial charge in [-0.2, -0.15) is 0 Å². The molecule has 0 radical (unpaired) electrons. The molecule has 0 amide bonds. The van der Waals surface area contributed by atoms with Crippen molar-refractivity contribution in [1.29, 1.82) is 0 Å². The van der Waals surface area contributed by atoms with E-state index in [2.05, 4.69) is 13.8 Å². The fraction of sp³-hybridized carbons (Fsp3) is 1.00. The summed E-state index contributed by atoms with van der Waals surface area (Å²) in [5.74, 6) is 0. The molecule has 0 aromatic heterocycles. The van der Waals surface area contributed by atoms with E-state index in [4.69, 9.17) is 0 Å². The molecule has 1 aliphatic rings. The molecule has 0 aliphatic heterocycles. The molecule has 0 saturated heterocycles. The molecular formula is C13H26O. The lowest BCUT2D eigenvalue weighted by molar-refractivity contribution is 0.0913. The Morgan fingerprint density at radius 1 is 1.07 bits per heavy atom. The van der Waals surface area contributed by atoms with Crippen molar-refractivity contribution in [1.82, 2.24) is 0 Å². The maximum atomic E-state index is 9.85. The highest BCUT2D eigenvalue weighted by molar-refractivity contribution is 4.94. The Hall–Kier alpha value is -0.0400. The third kappa shape index (κ3) is 4.00. The van der Waals surface area contributed by atoms with Gasteiger partial charge in [0.25, 0.3) is 0 Å². The van der Waals surface area contributed by atoms with E-state index in [0.29, 0.717) is 5.41 Å². The van der Waals surface area contributed by atoms with Crippen LogP contribution in [0.3, 0.4) is 0 Å². The molecule has 84 valence electrons. The van der Waals surface area contributed by atoms with E-state index >= 15 is 0 Å². The van der Waals surface area contributed by atoms with Crippen LogP contribution in [0, 0.1) is 5.41 Å². The smallest absolute Gasteiger partial charge is 0.0593 e. The highest BCUT2D eigenvalue weighted by Gasteiger charge is 2.43. The minimum Gasteiger partial charge on any atom is -0.393 e. The van der Waals surface area contributed by atoms with Crippen molar-refractivity contribution < 1.29 is 5.11 Å². The first kappa shape index (κ1) is 12.0. The van der Waals surface area contributed by atoms with E-state index in [9.17, 15) is 5.11 Å². The SMILES string of the molecule is CCCCCCCCC(O)C1(C)CC1. The second-order valence-corrected chi connectivity index (χ2v) is 5.23. The van der Waals surface area contributed by atoms with Crippen LogP contribution in [0.25, 0.3) is 0 Å². The Balaban J connectivity index is 1.88. The van der Waals surface area contributed by atoms with E-state index in [0.717, 1.165) is 6.42 Å². The van der Waals surface area contributed by atoms with Crippen LogP contribution in [-0.2, 0) is 0 Å². The number of aliphatic hydroxyl groups excluding tert-OH is 1. The third-order valence-corrected chi connectivity index (χ3v) is 3.67. The van der Waals surface area contributed by atoms with Gasteiger partial charge in [-0.1, -0.05) is 52.4 Å². The van der Waals surface area contributed by atoms with Gasteiger partial charge in [-0.25, -0.2) is 0 Å².